The van der Waals surface area contributed by atoms with E-state index in [0.717, 1.165) is 27.8 Å². The molecule has 186 valence electrons. The number of piperidine rings is 1. The third-order valence-electron chi connectivity index (χ3n) is 7.03. The monoisotopic (exact) mass is 495 g/mol. The first kappa shape index (κ1) is 25.1. The van der Waals surface area contributed by atoms with Gasteiger partial charge < -0.3 is 9.32 Å². The van der Waals surface area contributed by atoms with Crippen molar-refractivity contribution in [3.05, 3.63) is 82.6 Å². The lowest BCUT2D eigenvalue weighted by molar-refractivity contribution is -0.138. The molecule has 3 aromatic rings. The molecule has 1 aliphatic rings. The minimum Gasteiger partial charge on any atom is -0.467 e. The minimum absolute atomic E-state index is 0.0149. The predicted molar refractivity (Wildman–Crippen MR) is 134 cm³/mol. The van der Waals surface area contributed by atoms with E-state index in [9.17, 15) is 13.2 Å². The van der Waals surface area contributed by atoms with Gasteiger partial charge in [0.05, 0.1) is 17.7 Å². The molecule has 8 heteroatoms. The van der Waals surface area contributed by atoms with Gasteiger partial charge in [-0.3, -0.25) is 9.78 Å². The van der Waals surface area contributed by atoms with Crippen LogP contribution in [-0.2, 0) is 27.9 Å². The largest absolute Gasteiger partial charge is 0.467 e. The number of hydrogen-bond donors (Lipinski definition) is 0. The highest BCUT2D eigenvalue weighted by molar-refractivity contribution is 7.89. The molecule has 0 atom stereocenters. The zero-order valence-electron chi connectivity index (χ0n) is 20.8. The number of aryl methyl sites for hydroxylation is 2. The summed E-state index contributed by atoms with van der Waals surface area (Å²) in [4.78, 5) is 19.9. The summed E-state index contributed by atoms with van der Waals surface area (Å²) in [5.74, 6) is 0.485. The Balaban J connectivity index is 1.50. The lowest BCUT2D eigenvalue weighted by Crippen LogP contribution is -2.44. The van der Waals surface area contributed by atoms with Crippen LogP contribution in [0.5, 0.6) is 0 Å². The van der Waals surface area contributed by atoms with Gasteiger partial charge >= 0.3 is 0 Å². The van der Waals surface area contributed by atoms with Gasteiger partial charge in [-0.25, -0.2) is 8.42 Å². The quantitative estimate of drug-likeness (QED) is 0.481. The molecule has 0 N–H and O–H groups in total. The molecule has 7 nitrogen and oxygen atoms in total. The summed E-state index contributed by atoms with van der Waals surface area (Å²) in [5, 5.41) is 0. The molecular weight excluding hydrogens is 462 g/mol. The summed E-state index contributed by atoms with van der Waals surface area (Å²) in [6.07, 6.45) is 6.04. The fourth-order valence-electron chi connectivity index (χ4n) is 4.81. The second-order valence-electron chi connectivity index (χ2n) is 9.40. The van der Waals surface area contributed by atoms with Gasteiger partial charge in [0.1, 0.15) is 5.76 Å². The average molecular weight is 496 g/mol. The number of carbonyl (C=O) groups excluding carboxylic acids is 1. The van der Waals surface area contributed by atoms with Gasteiger partial charge in [-0.1, -0.05) is 12.1 Å². The first-order valence-electron chi connectivity index (χ1n) is 12.0. The van der Waals surface area contributed by atoms with Crippen molar-refractivity contribution in [2.45, 2.75) is 58.5 Å². The number of hydrogen-bond acceptors (Lipinski definition) is 5. The van der Waals surface area contributed by atoms with Crippen molar-refractivity contribution in [1.29, 1.82) is 0 Å². The Bertz CT molecular complexity index is 1250. The number of nitrogens with zero attached hydrogens (tertiary/aromatic N) is 3. The van der Waals surface area contributed by atoms with Gasteiger partial charge in [-0.2, -0.15) is 4.31 Å². The van der Waals surface area contributed by atoms with E-state index < -0.39 is 10.0 Å². The van der Waals surface area contributed by atoms with Crippen LogP contribution in [0.3, 0.4) is 0 Å². The van der Waals surface area contributed by atoms with E-state index >= 15 is 0 Å². The minimum atomic E-state index is -3.64. The topological polar surface area (TPSA) is 83.7 Å². The number of benzene rings is 1. The number of rotatable bonds is 7. The molecular formula is C27H33N3O4S. The van der Waals surface area contributed by atoms with Crippen molar-refractivity contribution < 1.29 is 17.6 Å². The molecule has 0 radical (unpaired) electrons. The lowest BCUT2D eigenvalue weighted by Gasteiger charge is -2.34. The molecule has 0 saturated carbocycles. The van der Waals surface area contributed by atoms with Crippen molar-refractivity contribution in [3.63, 3.8) is 0 Å². The van der Waals surface area contributed by atoms with Crippen LogP contribution in [0.1, 0.15) is 46.4 Å². The van der Waals surface area contributed by atoms with Gasteiger partial charge in [0, 0.05) is 37.9 Å². The second kappa shape index (κ2) is 10.3. The first-order chi connectivity index (χ1) is 16.7. The SMILES string of the molecule is Cc1cc(C)c(C)c(S(=O)(=O)N2CCC(C(=O)N(Cc3cccnc3)Cc3ccco3)CC2)c1C. The van der Waals surface area contributed by atoms with E-state index in [-0.39, 0.29) is 11.8 Å². The van der Waals surface area contributed by atoms with Crippen LogP contribution in [0.2, 0.25) is 0 Å². The Hall–Kier alpha value is -2.97. The maximum Gasteiger partial charge on any atom is 0.243 e. The number of amides is 1. The third kappa shape index (κ3) is 5.33. The summed E-state index contributed by atoms with van der Waals surface area (Å²) >= 11 is 0. The third-order valence-corrected chi connectivity index (χ3v) is 9.21. The molecule has 0 aliphatic carbocycles. The van der Waals surface area contributed by atoms with Gasteiger partial charge in [0.15, 0.2) is 0 Å². The van der Waals surface area contributed by atoms with E-state index in [4.69, 9.17) is 4.42 Å². The van der Waals surface area contributed by atoms with E-state index in [1.807, 2.05) is 58.0 Å². The molecule has 0 bridgehead atoms. The van der Waals surface area contributed by atoms with E-state index in [1.54, 1.807) is 27.9 Å². The summed E-state index contributed by atoms with van der Waals surface area (Å²) in [6.45, 7) is 9.07. The van der Waals surface area contributed by atoms with Crippen molar-refractivity contribution >= 4 is 15.9 Å². The number of sulfonamides is 1. The molecule has 1 fully saturated rings. The smallest absolute Gasteiger partial charge is 0.243 e. The van der Waals surface area contributed by atoms with E-state index in [0.29, 0.717) is 49.7 Å². The summed E-state index contributed by atoms with van der Waals surface area (Å²) < 4.78 is 34.3. The molecule has 0 unspecified atom stereocenters. The standard InChI is InChI=1S/C27H33N3O4S/c1-19-15-20(2)22(4)26(21(19)3)35(32,33)30-12-9-24(10-13-30)27(31)29(18-25-8-6-14-34-25)17-23-7-5-11-28-16-23/h5-8,11,14-16,24H,9-10,12-13,17-18H2,1-4H3. The van der Waals surface area contributed by atoms with E-state index in [2.05, 4.69) is 4.98 Å². The fraction of sp³-hybridized carbons (Fsp3) is 0.407. The highest BCUT2D eigenvalue weighted by Gasteiger charge is 2.35. The Labute approximate surface area is 207 Å². The molecule has 4 rings (SSSR count). The van der Waals surface area contributed by atoms with Crippen LogP contribution in [0.4, 0.5) is 0 Å². The van der Waals surface area contributed by atoms with Gasteiger partial charge in [-0.05, 0) is 86.6 Å². The van der Waals surface area contributed by atoms with Crippen molar-refractivity contribution in [1.82, 2.24) is 14.2 Å². The number of furan rings is 1. The van der Waals surface area contributed by atoms with Crippen LogP contribution >= 0.6 is 0 Å². The summed E-state index contributed by atoms with van der Waals surface area (Å²) in [7, 11) is -3.64. The number of aromatic nitrogens is 1. The molecule has 35 heavy (non-hydrogen) atoms. The maximum atomic E-state index is 13.6. The normalized spacial score (nSPS) is 15.3. The van der Waals surface area contributed by atoms with Crippen molar-refractivity contribution in [2.24, 2.45) is 5.92 Å². The Morgan fingerprint density at radius 1 is 1.06 bits per heavy atom. The van der Waals surface area contributed by atoms with Crippen LogP contribution in [0.25, 0.3) is 0 Å². The van der Waals surface area contributed by atoms with Gasteiger partial charge in [0.2, 0.25) is 15.9 Å². The molecule has 2 aromatic heterocycles. The molecule has 1 amide bonds. The Morgan fingerprint density at radius 2 is 1.74 bits per heavy atom. The van der Waals surface area contributed by atoms with Crippen LogP contribution in [0, 0.1) is 33.6 Å². The van der Waals surface area contributed by atoms with Crippen molar-refractivity contribution in [2.75, 3.05) is 13.1 Å². The zero-order chi connectivity index (χ0) is 25.2. The average Bonchev–Trinajstić information content (AvgIpc) is 3.36. The van der Waals surface area contributed by atoms with Crippen LogP contribution in [-0.4, -0.2) is 41.6 Å². The molecule has 1 saturated heterocycles. The second-order valence-corrected chi connectivity index (χ2v) is 11.3. The summed E-state index contributed by atoms with van der Waals surface area (Å²) in [6, 6.07) is 9.49. The lowest BCUT2D eigenvalue weighted by atomic mass is 9.96. The highest BCUT2D eigenvalue weighted by atomic mass is 32.2. The number of carbonyl (C=O) groups is 1. The molecule has 1 aromatic carbocycles. The number of pyridine rings is 1. The van der Waals surface area contributed by atoms with Crippen LogP contribution in [0.15, 0.2) is 58.3 Å². The zero-order valence-corrected chi connectivity index (χ0v) is 21.6. The summed E-state index contributed by atoms with van der Waals surface area (Å²) in [5.41, 5.74) is 4.48. The molecule has 0 spiro atoms. The maximum absolute atomic E-state index is 13.6. The Morgan fingerprint density at radius 3 is 2.31 bits per heavy atom. The molecule has 1 aliphatic heterocycles. The van der Waals surface area contributed by atoms with E-state index in [1.165, 1.54) is 0 Å². The Kier molecular flexibility index (Phi) is 7.42. The highest BCUT2D eigenvalue weighted by Crippen LogP contribution is 2.32. The van der Waals surface area contributed by atoms with Crippen LogP contribution < -0.4 is 0 Å². The fourth-order valence-corrected chi connectivity index (χ4v) is 6.86. The van der Waals surface area contributed by atoms with Gasteiger partial charge in [0.25, 0.3) is 0 Å². The van der Waals surface area contributed by atoms with Crippen molar-refractivity contribution in [3.8, 4) is 0 Å². The predicted octanol–water partition coefficient (Wildman–Crippen LogP) is 4.54. The first-order valence-corrected chi connectivity index (χ1v) is 13.4. The van der Waals surface area contributed by atoms with Gasteiger partial charge in [-0.15, -0.1) is 0 Å². The molecule has 3 heterocycles.